The average Bonchev–Trinajstić information content (AvgIpc) is 2.89. The Labute approximate surface area is 119 Å². The molecule has 2 fully saturated rings. The normalized spacial score (nSPS) is 24.1. The maximum atomic E-state index is 12.3. The SMILES string of the molecule is Cc1nc([C@@H](C)N2CC3(CCNCC3)CCC2=O)n[nH]1. The van der Waals surface area contributed by atoms with E-state index in [1.54, 1.807) is 0 Å². The highest BCUT2D eigenvalue weighted by Crippen LogP contribution is 2.40. The van der Waals surface area contributed by atoms with Gasteiger partial charge in [-0.1, -0.05) is 0 Å². The molecule has 20 heavy (non-hydrogen) atoms. The number of likely N-dealkylation sites (tertiary alicyclic amines) is 1. The minimum Gasteiger partial charge on any atom is -0.332 e. The number of carbonyl (C=O) groups excluding carboxylic acids is 1. The summed E-state index contributed by atoms with van der Waals surface area (Å²) in [5.41, 5.74) is 0.304. The van der Waals surface area contributed by atoms with E-state index in [9.17, 15) is 4.79 Å². The summed E-state index contributed by atoms with van der Waals surface area (Å²) in [6.45, 7) is 6.89. The van der Waals surface area contributed by atoms with Crippen LogP contribution < -0.4 is 5.32 Å². The van der Waals surface area contributed by atoms with E-state index in [0.29, 0.717) is 11.8 Å². The van der Waals surface area contributed by atoms with E-state index >= 15 is 0 Å². The fourth-order valence-corrected chi connectivity index (χ4v) is 3.45. The van der Waals surface area contributed by atoms with Crippen LogP contribution in [0.1, 0.15) is 50.3 Å². The number of amides is 1. The molecule has 1 amide bonds. The van der Waals surface area contributed by atoms with Gasteiger partial charge in [-0.3, -0.25) is 9.89 Å². The van der Waals surface area contributed by atoms with Crippen LogP contribution in [0.4, 0.5) is 0 Å². The molecular weight excluding hydrogens is 254 g/mol. The summed E-state index contributed by atoms with van der Waals surface area (Å²) in [6.07, 6.45) is 4.02. The first-order chi connectivity index (χ1) is 9.60. The number of nitrogens with zero attached hydrogens (tertiary/aromatic N) is 3. The molecule has 6 heteroatoms. The number of piperidine rings is 2. The number of aromatic amines is 1. The molecule has 3 heterocycles. The number of aryl methyl sites for hydroxylation is 1. The molecule has 2 N–H and O–H groups in total. The van der Waals surface area contributed by atoms with Crippen molar-refractivity contribution < 1.29 is 4.79 Å². The van der Waals surface area contributed by atoms with Gasteiger partial charge < -0.3 is 10.2 Å². The Morgan fingerprint density at radius 2 is 2.05 bits per heavy atom. The minimum absolute atomic E-state index is 0.0421. The quantitative estimate of drug-likeness (QED) is 0.851. The predicted molar refractivity (Wildman–Crippen MR) is 75.0 cm³/mol. The van der Waals surface area contributed by atoms with Crippen molar-refractivity contribution in [2.45, 2.75) is 45.6 Å². The Kier molecular flexibility index (Phi) is 3.50. The van der Waals surface area contributed by atoms with Crippen LogP contribution >= 0.6 is 0 Å². The maximum absolute atomic E-state index is 12.3. The zero-order valence-corrected chi connectivity index (χ0v) is 12.3. The molecule has 2 aliphatic rings. The van der Waals surface area contributed by atoms with E-state index in [0.717, 1.165) is 50.5 Å². The van der Waals surface area contributed by atoms with Crippen LogP contribution in [0.3, 0.4) is 0 Å². The van der Waals surface area contributed by atoms with Crippen molar-refractivity contribution in [3.63, 3.8) is 0 Å². The van der Waals surface area contributed by atoms with Crippen molar-refractivity contribution in [2.24, 2.45) is 5.41 Å². The van der Waals surface area contributed by atoms with Gasteiger partial charge >= 0.3 is 0 Å². The fourth-order valence-electron chi connectivity index (χ4n) is 3.45. The minimum atomic E-state index is -0.0421. The fraction of sp³-hybridized carbons (Fsp3) is 0.786. The molecule has 6 nitrogen and oxygen atoms in total. The first-order valence-electron chi connectivity index (χ1n) is 7.49. The molecule has 2 saturated heterocycles. The monoisotopic (exact) mass is 277 g/mol. The summed E-state index contributed by atoms with van der Waals surface area (Å²) >= 11 is 0. The zero-order valence-electron chi connectivity index (χ0n) is 12.3. The third-order valence-electron chi connectivity index (χ3n) is 4.82. The maximum Gasteiger partial charge on any atom is 0.223 e. The lowest BCUT2D eigenvalue weighted by Crippen LogP contribution is -2.51. The number of hydrogen-bond donors (Lipinski definition) is 2. The third-order valence-corrected chi connectivity index (χ3v) is 4.82. The molecular formula is C14H23N5O. The summed E-state index contributed by atoms with van der Waals surface area (Å²) in [4.78, 5) is 18.7. The Morgan fingerprint density at radius 3 is 2.70 bits per heavy atom. The second-order valence-electron chi connectivity index (χ2n) is 6.23. The van der Waals surface area contributed by atoms with Gasteiger partial charge in [0.25, 0.3) is 0 Å². The molecule has 1 aromatic rings. The molecule has 0 aliphatic carbocycles. The van der Waals surface area contributed by atoms with Crippen LogP contribution in [0.2, 0.25) is 0 Å². The summed E-state index contributed by atoms with van der Waals surface area (Å²) in [5.74, 6) is 1.76. The molecule has 110 valence electrons. The number of carbonyl (C=O) groups is 1. The van der Waals surface area contributed by atoms with Crippen LogP contribution in [0.15, 0.2) is 0 Å². The van der Waals surface area contributed by atoms with E-state index in [1.165, 1.54) is 0 Å². The van der Waals surface area contributed by atoms with Crippen LogP contribution in [-0.2, 0) is 4.79 Å². The summed E-state index contributed by atoms with van der Waals surface area (Å²) in [5, 5.41) is 10.5. The number of rotatable bonds is 2. The van der Waals surface area contributed by atoms with E-state index in [-0.39, 0.29) is 11.9 Å². The van der Waals surface area contributed by atoms with Crippen molar-refractivity contribution in [2.75, 3.05) is 19.6 Å². The highest BCUT2D eigenvalue weighted by Gasteiger charge is 2.41. The topological polar surface area (TPSA) is 73.9 Å². The lowest BCUT2D eigenvalue weighted by molar-refractivity contribution is -0.141. The standard InChI is InChI=1S/C14H23N5O/c1-10(13-16-11(2)17-18-13)19-9-14(4-3-12(19)20)5-7-15-8-6-14/h10,15H,3-9H2,1-2H3,(H,16,17,18)/t10-/m1/s1. The molecule has 2 aliphatic heterocycles. The number of aromatic nitrogens is 3. The van der Waals surface area contributed by atoms with Crippen LogP contribution in [0.25, 0.3) is 0 Å². The molecule has 0 bridgehead atoms. The molecule has 0 saturated carbocycles. The largest absolute Gasteiger partial charge is 0.332 e. The van der Waals surface area contributed by atoms with Gasteiger partial charge in [0.05, 0.1) is 6.04 Å². The first kappa shape index (κ1) is 13.5. The third kappa shape index (κ3) is 2.44. The molecule has 1 aromatic heterocycles. The van der Waals surface area contributed by atoms with Crippen LogP contribution in [0.5, 0.6) is 0 Å². The van der Waals surface area contributed by atoms with Crippen LogP contribution in [0, 0.1) is 12.3 Å². The number of nitrogens with one attached hydrogen (secondary N) is 2. The molecule has 1 spiro atoms. The summed E-state index contributed by atoms with van der Waals surface area (Å²) in [7, 11) is 0. The molecule has 1 atom stereocenters. The van der Waals surface area contributed by atoms with E-state index in [1.807, 2.05) is 18.7 Å². The van der Waals surface area contributed by atoms with Crippen molar-refractivity contribution in [1.29, 1.82) is 0 Å². The van der Waals surface area contributed by atoms with Crippen molar-refractivity contribution in [1.82, 2.24) is 25.4 Å². The van der Waals surface area contributed by atoms with Crippen molar-refractivity contribution >= 4 is 5.91 Å². The number of hydrogen-bond acceptors (Lipinski definition) is 4. The Balaban J connectivity index is 1.78. The Morgan fingerprint density at radius 1 is 1.30 bits per heavy atom. The molecule has 3 rings (SSSR count). The second-order valence-corrected chi connectivity index (χ2v) is 6.23. The Hall–Kier alpha value is -1.43. The van der Waals surface area contributed by atoms with Gasteiger partial charge in [-0.15, -0.1) is 0 Å². The lowest BCUT2D eigenvalue weighted by Gasteiger charge is -2.46. The summed E-state index contributed by atoms with van der Waals surface area (Å²) < 4.78 is 0. The highest BCUT2D eigenvalue weighted by atomic mass is 16.2. The van der Waals surface area contributed by atoms with Gasteiger partial charge in [-0.05, 0) is 51.6 Å². The van der Waals surface area contributed by atoms with Gasteiger partial charge in [-0.25, -0.2) is 4.98 Å². The van der Waals surface area contributed by atoms with E-state index in [2.05, 4.69) is 20.5 Å². The number of H-pyrrole nitrogens is 1. The average molecular weight is 277 g/mol. The van der Waals surface area contributed by atoms with Gasteiger partial charge in [-0.2, -0.15) is 5.10 Å². The highest BCUT2D eigenvalue weighted by molar-refractivity contribution is 5.77. The Bertz CT molecular complexity index is 492. The van der Waals surface area contributed by atoms with Gasteiger partial charge in [0, 0.05) is 13.0 Å². The molecule has 0 aromatic carbocycles. The molecule has 0 unspecified atom stereocenters. The first-order valence-corrected chi connectivity index (χ1v) is 7.49. The van der Waals surface area contributed by atoms with E-state index in [4.69, 9.17) is 0 Å². The summed E-state index contributed by atoms with van der Waals surface area (Å²) in [6, 6.07) is -0.0421. The van der Waals surface area contributed by atoms with Gasteiger partial charge in [0.2, 0.25) is 5.91 Å². The lowest BCUT2D eigenvalue weighted by atomic mass is 9.72. The zero-order chi connectivity index (χ0) is 14.2. The molecule has 0 radical (unpaired) electrons. The van der Waals surface area contributed by atoms with Crippen LogP contribution in [-0.4, -0.2) is 45.6 Å². The van der Waals surface area contributed by atoms with Crippen molar-refractivity contribution in [3.05, 3.63) is 11.6 Å². The predicted octanol–water partition coefficient (Wildman–Crippen LogP) is 1.17. The van der Waals surface area contributed by atoms with Crippen molar-refractivity contribution in [3.8, 4) is 0 Å². The smallest absolute Gasteiger partial charge is 0.223 e. The second kappa shape index (κ2) is 5.16. The van der Waals surface area contributed by atoms with Gasteiger partial charge in [0.15, 0.2) is 5.82 Å². The van der Waals surface area contributed by atoms with Gasteiger partial charge in [0.1, 0.15) is 5.82 Å². The van der Waals surface area contributed by atoms with E-state index < -0.39 is 0 Å².